The van der Waals surface area contributed by atoms with E-state index in [1.807, 2.05) is 36.9 Å². The number of hydrogen-bond donors (Lipinski definition) is 0. The van der Waals surface area contributed by atoms with Crippen molar-refractivity contribution in [2.45, 2.75) is 71.0 Å². The fourth-order valence-electron chi connectivity index (χ4n) is 4.47. The van der Waals surface area contributed by atoms with E-state index >= 15 is 0 Å². The largest absolute Gasteiger partial charge is 0.327 e. The highest BCUT2D eigenvalue weighted by molar-refractivity contribution is 6.07. The van der Waals surface area contributed by atoms with Crippen molar-refractivity contribution in [2.75, 3.05) is 19.6 Å². The molecule has 0 N–H and O–H groups in total. The van der Waals surface area contributed by atoms with E-state index in [-0.39, 0.29) is 18.0 Å². The second kappa shape index (κ2) is 8.01. The van der Waals surface area contributed by atoms with Gasteiger partial charge in [0, 0.05) is 31.7 Å². The number of hydrogen-bond acceptors (Lipinski definition) is 3. The molecule has 2 heterocycles. The van der Waals surface area contributed by atoms with Crippen LogP contribution in [0.1, 0.15) is 52.5 Å². The summed E-state index contributed by atoms with van der Waals surface area (Å²) in [5, 5.41) is 0. The van der Waals surface area contributed by atoms with Gasteiger partial charge in [0.15, 0.2) is 0 Å². The highest BCUT2D eigenvalue weighted by Gasteiger charge is 2.58. The van der Waals surface area contributed by atoms with E-state index in [1.165, 1.54) is 10.5 Å². The van der Waals surface area contributed by atoms with Crippen LogP contribution in [-0.2, 0) is 11.2 Å². The first-order valence-corrected chi connectivity index (χ1v) is 10.3. The number of rotatable bonds is 6. The molecule has 2 aliphatic rings. The van der Waals surface area contributed by atoms with Crippen molar-refractivity contribution >= 4 is 11.9 Å². The molecule has 0 saturated carbocycles. The minimum absolute atomic E-state index is 0.0133. The van der Waals surface area contributed by atoms with Gasteiger partial charge in [0.2, 0.25) is 0 Å². The van der Waals surface area contributed by atoms with Crippen LogP contribution in [0, 0.1) is 0 Å². The quantitative estimate of drug-likeness (QED) is 0.719. The molecule has 0 unspecified atom stereocenters. The van der Waals surface area contributed by atoms with Crippen molar-refractivity contribution in [1.29, 1.82) is 0 Å². The summed E-state index contributed by atoms with van der Waals surface area (Å²) >= 11 is 0. The maximum absolute atomic E-state index is 13.3. The maximum Gasteiger partial charge on any atom is 0.327 e. The Hall–Kier alpha value is -1.88. The lowest BCUT2D eigenvalue weighted by atomic mass is 9.84. The smallest absolute Gasteiger partial charge is 0.309 e. The van der Waals surface area contributed by atoms with Gasteiger partial charge in [-0.15, -0.1) is 0 Å². The average molecular weight is 372 g/mol. The number of carbonyl (C=O) groups is 2. The number of imide groups is 1. The second-order valence-electron chi connectivity index (χ2n) is 8.26. The fourth-order valence-corrected chi connectivity index (χ4v) is 4.47. The van der Waals surface area contributed by atoms with Crippen LogP contribution in [0.4, 0.5) is 4.79 Å². The Morgan fingerprint density at radius 3 is 2.22 bits per heavy atom. The third kappa shape index (κ3) is 3.62. The molecular formula is C22H33N3O2. The van der Waals surface area contributed by atoms with E-state index < -0.39 is 5.54 Å². The number of likely N-dealkylation sites (tertiary alicyclic amines) is 1. The molecule has 2 aliphatic heterocycles. The molecule has 2 fully saturated rings. The van der Waals surface area contributed by atoms with Gasteiger partial charge in [0.05, 0.1) is 0 Å². The van der Waals surface area contributed by atoms with Crippen LogP contribution in [-0.4, -0.2) is 63.9 Å². The summed E-state index contributed by atoms with van der Waals surface area (Å²) in [6.45, 7) is 10.7. The van der Waals surface area contributed by atoms with Crippen LogP contribution in [0.2, 0.25) is 0 Å². The lowest BCUT2D eigenvalue weighted by Gasteiger charge is -2.44. The SMILES string of the molecule is CC[C@@H](C)N1CCC2(CC1)C(=O)N(C(C)C)C(=O)N2CCc1ccccc1. The number of nitrogens with zero attached hydrogens (tertiary/aromatic N) is 3. The predicted octanol–water partition coefficient (Wildman–Crippen LogP) is 3.53. The zero-order valence-electron chi connectivity index (χ0n) is 17.1. The van der Waals surface area contributed by atoms with Gasteiger partial charge in [0.25, 0.3) is 5.91 Å². The Bertz CT molecular complexity index is 665. The molecule has 3 amide bonds. The van der Waals surface area contributed by atoms with Crippen molar-refractivity contribution in [3.05, 3.63) is 35.9 Å². The Morgan fingerprint density at radius 2 is 1.67 bits per heavy atom. The van der Waals surface area contributed by atoms with E-state index in [0.717, 1.165) is 38.8 Å². The molecular weight excluding hydrogens is 338 g/mol. The molecule has 0 bridgehead atoms. The maximum atomic E-state index is 13.3. The molecule has 0 radical (unpaired) electrons. The van der Waals surface area contributed by atoms with Crippen LogP contribution in [0.15, 0.2) is 30.3 Å². The van der Waals surface area contributed by atoms with Gasteiger partial charge in [-0.05, 0) is 52.0 Å². The van der Waals surface area contributed by atoms with Crippen LogP contribution in [0.5, 0.6) is 0 Å². The van der Waals surface area contributed by atoms with Gasteiger partial charge in [-0.1, -0.05) is 37.3 Å². The molecule has 148 valence electrons. The number of benzene rings is 1. The third-order valence-corrected chi connectivity index (χ3v) is 6.39. The number of amides is 3. The number of urea groups is 1. The Morgan fingerprint density at radius 1 is 1.04 bits per heavy atom. The van der Waals surface area contributed by atoms with Gasteiger partial charge in [0.1, 0.15) is 5.54 Å². The normalized spacial score (nSPS) is 21.5. The van der Waals surface area contributed by atoms with Crippen molar-refractivity contribution in [2.24, 2.45) is 0 Å². The number of piperidine rings is 1. The standard InChI is InChI=1S/C22H33N3O2/c1-5-18(4)23-15-12-22(13-16-23)20(26)25(17(2)3)21(27)24(22)14-11-19-9-7-6-8-10-19/h6-10,17-18H,5,11-16H2,1-4H3/t18-/m1/s1. The first-order valence-electron chi connectivity index (χ1n) is 10.3. The molecule has 1 spiro atoms. The van der Waals surface area contributed by atoms with Gasteiger partial charge >= 0.3 is 6.03 Å². The van der Waals surface area contributed by atoms with E-state index in [2.05, 4.69) is 30.9 Å². The summed E-state index contributed by atoms with van der Waals surface area (Å²) < 4.78 is 0. The summed E-state index contributed by atoms with van der Waals surface area (Å²) in [5.74, 6) is 0.0133. The zero-order chi connectivity index (χ0) is 19.6. The summed E-state index contributed by atoms with van der Waals surface area (Å²) in [7, 11) is 0. The predicted molar refractivity (Wildman–Crippen MR) is 108 cm³/mol. The average Bonchev–Trinajstić information content (AvgIpc) is 2.87. The molecule has 3 rings (SSSR count). The molecule has 1 aromatic rings. The van der Waals surface area contributed by atoms with Gasteiger partial charge in [-0.3, -0.25) is 9.69 Å². The molecule has 0 aromatic heterocycles. The van der Waals surface area contributed by atoms with Crippen molar-refractivity contribution in [3.8, 4) is 0 Å². The lowest BCUT2D eigenvalue weighted by molar-refractivity contribution is -0.137. The zero-order valence-corrected chi connectivity index (χ0v) is 17.1. The minimum Gasteiger partial charge on any atom is -0.309 e. The minimum atomic E-state index is -0.653. The first-order chi connectivity index (χ1) is 12.9. The van der Waals surface area contributed by atoms with Crippen LogP contribution >= 0.6 is 0 Å². The molecule has 27 heavy (non-hydrogen) atoms. The topological polar surface area (TPSA) is 43.9 Å². The van der Waals surface area contributed by atoms with Crippen LogP contribution in [0.3, 0.4) is 0 Å². The van der Waals surface area contributed by atoms with Crippen LogP contribution in [0.25, 0.3) is 0 Å². The van der Waals surface area contributed by atoms with E-state index in [4.69, 9.17) is 0 Å². The third-order valence-electron chi connectivity index (χ3n) is 6.39. The van der Waals surface area contributed by atoms with Gasteiger partial charge in [-0.2, -0.15) is 0 Å². The molecule has 5 heteroatoms. The second-order valence-corrected chi connectivity index (χ2v) is 8.26. The van der Waals surface area contributed by atoms with Crippen LogP contribution < -0.4 is 0 Å². The Kier molecular flexibility index (Phi) is 5.89. The van der Waals surface area contributed by atoms with E-state index in [0.29, 0.717) is 12.6 Å². The summed E-state index contributed by atoms with van der Waals surface area (Å²) in [5.41, 5.74) is 0.549. The summed E-state index contributed by atoms with van der Waals surface area (Å²) in [6, 6.07) is 10.5. The molecule has 1 atom stereocenters. The molecule has 2 saturated heterocycles. The van der Waals surface area contributed by atoms with Gasteiger partial charge in [-0.25, -0.2) is 4.79 Å². The van der Waals surface area contributed by atoms with Crippen molar-refractivity contribution in [3.63, 3.8) is 0 Å². The summed E-state index contributed by atoms with van der Waals surface area (Å²) in [6.07, 6.45) is 3.36. The molecule has 0 aliphatic carbocycles. The van der Waals surface area contributed by atoms with Crippen molar-refractivity contribution < 1.29 is 9.59 Å². The highest BCUT2D eigenvalue weighted by Crippen LogP contribution is 2.38. The molecule has 5 nitrogen and oxygen atoms in total. The Labute approximate surface area is 163 Å². The monoisotopic (exact) mass is 371 g/mol. The van der Waals surface area contributed by atoms with E-state index in [1.54, 1.807) is 0 Å². The molecule has 1 aromatic carbocycles. The summed E-state index contributed by atoms with van der Waals surface area (Å²) in [4.78, 5) is 32.3. The first kappa shape index (κ1) is 19.9. The Balaban J connectivity index is 1.82. The van der Waals surface area contributed by atoms with E-state index in [9.17, 15) is 9.59 Å². The van der Waals surface area contributed by atoms with Gasteiger partial charge < -0.3 is 9.80 Å². The number of carbonyl (C=O) groups excluding carboxylic acids is 2. The lowest BCUT2D eigenvalue weighted by Crippen LogP contribution is -2.58. The van der Waals surface area contributed by atoms with Crippen molar-refractivity contribution in [1.82, 2.24) is 14.7 Å². The highest BCUT2D eigenvalue weighted by atomic mass is 16.2. The fraction of sp³-hybridized carbons (Fsp3) is 0.636.